The monoisotopic (exact) mass is 319 g/mol. The number of hydrogen-bond acceptors (Lipinski definition) is 3. The maximum atomic E-state index is 12.4. The molecule has 5 nitrogen and oxygen atoms in total. The van der Waals surface area contributed by atoms with E-state index in [1.807, 2.05) is 6.92 Å². The number of carbonyl (C=O) groups is 1. The lowest BCUT2D eigenvalue weighted by Crippen LogP contribution is -2.41. The molecule has 0 spiro atoms. The van der Waals surface area contributed by atoms with Gasteiger partial charge in [0, 0.05) is 12.0 Å². The Hall–Kier alpha value is -0.620. The molecule has 0 saturated heterocycles. The van der Waals surface area contributed by atoms with E-state index in [1.54, 1.807) is 0 Å². The first kappa shape index (κ1) is 18.4. The summed E-state index contributed by atoms with van der Waals surface area (Å²) >= 11 is 0. The smallest absolute Gasteiger partial charge is 0.264 e. The van der Waals surface area contributed by atoms with Gasteiger partial charge in [-0.15, -0.1) is 0 Å². The molecular weight excluding hydrogens is 290 g/mol. The molecular formula is C15H29NO4S. The summed E-state index contributed by atoms with van der Waals surface area (Å²) in [6, 6.07) is 0. The molecule has 21 heavy (non-hydrogen) atoms. The molecule has 1 rings (SSSR count). The standard InChI is InChI=1S/C15H29NO4S/c1-12-6-4-7-15(3,11-13(2)10-12)14(17)16-8-5-9-21(18,19)20/h12-13H,4-11H2,1-3H3,(H,16,17)(H,18,19,20)/t12?,13-,15?/m0/s1. The van der Waals surface area contributed by atoms with E-state index >= 15 is 0 Å². The van der Waals surface area contributed by atoms with Crippen LogP contribution in [0.1, 0.15) is 59.3 Å². The van der Waals surface area contributed by atoms with Crippen LogP contribution in [0, 0.1) is 17.3 Å². The number of carbonyl (C=O) groups excluding carboxylic acids is 1. The van der Waals surface area contributed by atoms with E-state index in [0.29, 0.717) is 12.5 Å². The second-order valence-corrected chi connectivity index (χ2v) is 8.57. The largest absolute Gasteiger partial charge is 0.356 e. The van der Waals surface area contributed by atoms with Crippen molar-refractivity contribution in [1.29, 1.82) is 0 Å². The molecule has 1 aliphatic carbocycles. The Labute approximate surface area is 128 Å². The Morgan fingerprint density at radius 2 is 2.00 bits per heavy atom. The normalized spacial score (nSPS) is 31.2. The van der Waals surface area contributed by atoms with Crippen molar-refractivity contribution in [3.63, 3.8) is 0 Å². The van der Waals surface area contributed by atoms with Gasteiger partial charge >= 0.3 is 0 Å². The summed E-state index contributed by atoms with van der Waals surface area (Å²) in [6.07, 6.45) is 5.38. The fraction of sp³-hybridized carbons (Fsp3) is 0.933. The summed E-state index contributed by atoms with van der Waals surface area (Å²) in [6.45, 7) is 6.77. The highest BCUT2D eigenvalue weighted by molar-refractivity contribution is 7.85. The first-order valence-electron chi connectivity index (χ1n) is 7.86. The first-order chi connectivity index (χ1) is 9.62. The number of hydrogen-bond donors (Lipinski definition) is 2. The Morgan fingerprint density at radius 1 is 1.33 bits per heavy atom. The Morgan fingerprint density at radius 3 is 2.62 bits per heavy atom. The predicted molar refractivity (Wildman–Crippen MR) is 83.6 cm³/mol. The third-order valence-electron chi connectivity index (χ3n) is 4.44. The zero-order chi connectivity index (χ0) is 16.1. The first-order valence-corrected chi connectivity index (χ1v) is 9.47. The average molecular weight is 319 g/mol. The minimum Gasteiger partial charge on any atom is -0.356 e. The zero-order valence-corrected chi connectivity index (χ0v) is 14.2. The van der Waals surface area contributed by atoms with Gasteiger partial charge in [0.25, 0.3) is 10.1 Å². The highest BCUT2D eigenvalue weighted by atomic mass is 32.2. The molecule has 1 amide bonds. The molecule has 2 N–H and O–H groups in total. The van der Waals surface area contributed by atoms with E-state index in [9.17, 15) is 13.2 Å². The second kappa shape index (κ2) is 7.58. The van der Waals surface area contributed by atoms with E-state index < -0.39 is 10.1 Å². The van der Waals surface area contributed by atoms with Gasteiger partial charge in [-0.3, -0.25) is 9.35 Å². The van der Waals surface area contributed by atoms with Crippen LogP contribution in [-0.2, 0) is 14.9 Å². The fourth-order valence-corrected chi connectivity index (χ4v) is 3.99. The van der Waals surface area contributed by atoms with E-state index in [2.05, 4.69) is 19.2 Å². The van der Waals surface area contributed by atoms with Crippen molar-refractivity contribution in [2.75, 3.05) is 12.3 Å². The van der Waals surface area contributed by atoms with Crippen molar-refractivity contribution < 1.29 is 17.8 Å². The van der Waals surface area contributed by atoms with Gasteiger partial charge in [0.2, 0.25) is 5.91 Å². The Kier molecular flexibility index (Phi) is 6.66. The van der Waals surface area contributed by atoms with Gasteiger partial charge < -0.3 is 5.32 Å². The summed E-state index contributed by atoms with van der Waals surface area (Å²) in [5, 5.41) is 2.83. The van der Waals surface area contributed by atoms with Crippen LogP contribution in [0.15, 0.2) is 0 Å². The van der Waals surface area contributed by atoms with Gasteiger partial charge in [0.1, 0.15) is 0 Å². The summed E-state index contributed by atoms with van der Waals surface area (Å²) < 4.78 is 30.0. The molecule has 0 aromatic rings. The quantitative estimate of drug-likeness (QED) is 0.603. The summed E-state index contributed by atoms with van der Waals surface area (Å²) in [5.41, 5.74) is -0.363. The van der Waals surface area contributed by atoms with Crippen LogP contribution in [0.5, 0.6) is 0 Å². The molecule has 0 aromatic carbocycles. The van der Waals surface area contributed by atoms with Crippen LogP contribution < -0.4 is 5.32 Å². The van der Waals surface area contributed by atoms with E-state index in [4.69, 9.17) is 4.55 Å². The van der Waals surface area contributed by atoms with E-state index in [0.717, 1.165) is 38.0 Å². The Bertz CT molecular complexity index is 449. The average Bonchev–Trinajstić information content (AvgIpc) is 2.31. The van der Waals surface area contributed by atoms with Gasteiger partial charge in [-0.2, -0.15) is 8.42 Å². The number of amides is 1. The lowest BCUT2D eigenvalue weighted by Gasteiger charge is -2.34. The SMILES string of the molecule is CC1CCCC(C)(C(=O)NCCCS(=O)(=O)O)C[C@@H](C)C1. The lowest BCUT2D eigenvalue weighted by molar-refractivity contribution is -0.132. The van der Waals surface area contributed by atoms with E-state index in [-0.39, 0.29) is 23.5 Å². The molecule has 1 saturated carbocycles. The highest BCUT2D eigenvalue weighted by Gasteiger charge is 2.35. The second-order valence-electron chi connectivity index (χ2n) is 7.00. The molecule has 0 bridgehead atoms. The maximum Gasteiger partial charge on any atom is 0.264 e. The summed E-state index contributed by atoms with van der Waals surface area (Å²) in [7, 11) is -3.94. The molecule has 2 unspecified atom stereocenters. The molecule has 0 radical (unpaired) electrons. The lowest BCUT2D eigenvalue weighted by atomic mass is 9.71. The van der Waals surface area contributed by atoms with Crippen LogP contribution in [0.3, 0.4) is 0 Å². The topological polar surface area (TPSA) is 83.5 Å². The molecule has 124 valence electrons. The van der Waals surface area contributed by atoms with Crippen LogP contribution in [0.4, 0.5) is 0 Å². The minimum absolute atomic E-state index is 0.0132. The molecule has 0 heterocycles. The van der Waals surface area contributed by atoms with Crippen molar-refractivity contribution >= 4 is 16.0 Å². The van der Waals surface area contributed by atoms with Crippen molar-refractivity contribution in [1.82, 2.24) is 5.32 Å². The van der Waals surface area contributed by atoms with Gasteiger partial charge in [-0.25, -0.2) is 0 Å². The van der Waals surface area contributed by atoms with Gasteiger partial charge in [0.15, 0.2) is 0 Å². The molecule has 1 fully saturated rings. The van der Waals surface area contributed by atoms with Crippen molar-refractivity contribution in [2.45, 2.75) is 59.3 Å². The van der Waals surface area contributed by atoms with Gasteiger partial charge in [0.05, 0.1) is 5.75 Å². The zero-order valence-electron chi connectivity index (χ0n) is 13.4. The van der Waals surface area contributed by atoms with E-state index in [1.165, 1.54) is 0 Å². The summed E-state index contributed by atoms with van der Waals surface area (Å²) in [4.78, 5) is 12.4. The summed E-state index contributed by atoms with van der Waals surface area (Å²) in [5.74, 6) is 0.952. The van der Waals surface area contributed by atoms with Crippen LogP contribution >= 0.6 is 0 Å². The molecule has 0 aliphatic heterocycles. The predicted octanol–water partition coefficient (Wildman–Crippen LogP) is 2.62. The van der Waals surface area contributed by atoms with Crippen molar-refractivity contribution in [3.8, 4) is 0 Å². The maximum absolute atomic E-state index is 12.4. The number of nitrogens with one attached hydrogen (secondary N) is 1. The third kappa shape index (κ3) is 6.78. The highest BCUT2D eigenvalue weighted by Crippen LogP contribution is 2.38. The van der Waals surface area contributed by atoms with Gasteiger partial charge in [-0.1, -0.05) is 33.6 Å². The molecule has 6 heteroatoms. The molecule has 0 aromatic heterocycles. The van der Waals surface area contributed by atoms with Crippen LogP contribution in [0.25, 0.3) is 0 Å². The third-order valence-corrected chi connectivity index (χ3v) is 5.25. The van der Waals surface area contributed by atoms with Crippen LogP contribution in [0.2, 0.25) is 0 Å². The fourth-order valence-electron chi connectivity index (χ4n) is 3.48. The minimum atomic E-state index is -3.94. The Balaban J connectivity index is 2.50. The molecule has 1 aliphatic rings. The van der Waals surface area contributed by atoms with Crippen molar-refractivity contribution in [2.24, 2.45) is 17.3 Å². The van der Waals surface area contributed by atoms with Gasteiger partial charge in [-0.05, 0) is 37.5 Å². The number of rotatable bonds is 5. The van der Waals surface area contributed by atoms with Crippen LogP contribution in [-0.4, -0.2) is 31.2 Å². The van der Waals surface area contributed by atoms with Crippen molar-refractivity contribution in [3.05, 3.63) is 0 Å². The molecule has 3 atom stereocenters.